The summed E-state index contributed by atoms with van der Waals surface area (Å²) in [6, 6.07) is 5.79. The minimum Gasteiger partial charge on any atom is -0.330 e. The number of amides is 1. The lowest BCUT2D eigenvalue weighted by atomic mass is 10.1. The van der Waals surface area contributed by atoms with Gasteiger partial charge in [0.25, 0.3) is 5.91 Å². The fraction of sp³-hybridized carbons (Fsp3) is 0.312. The predicted molar refractivity (Wildman–Crippen MR) is 76.7 cm³/mol. The van der Waals surface area contributed by atoms with Crippen LogP contribution in [0, 0.1) is 6.92 Å². The van der Waals surface area contributed by atoms with Gasteiger partial charge in [-0.3, -0.25) is 14.2 Å². The van der Waals surface area contributed by atoms with Gasteiger partial charge >= 0.3 is 0 Å². The van der Waals surface area contributed by atoms with Crippen molar-refractivity contribution in [2.24, 2.45) is 0 Å². The molecule has 2 aliphatic rings. The summed E-state index contributed by atoms with van der Waals surface area (Å²) < 4.78 is 1.91. The van der Waals surface area contributed by atoms with Crippen LogP contribution in [0.25, 0.3) is 5.69 Å². The highest BCUT2D eigenvalue weighted by atomic mass is 16.2. The van der Waals surface area contributed by atoms with Crippen molar-refractivity contribution >= 4 is 12.2 Å². The molecule has 4 rings (SSSR count). The average Bonchev–Trinajstić information content (AvgIpc) is 3.10. The number of rotatable bonds is 1. The van der Waals surface area contributed by atoms with E-state index in [2.05, 4.69) is 4.98 Å². The molecule has 0 spiro atoms. The van der Waals surface area contributed by atoms with Crippen molar-refractivity contribution in [1.29, 1.82) is 0 Å². The summed E-state index contributed by atoms with van der Waals surface area (Å²) in [4.78, 5) is 30.3. The molecule has 0 aliphatic carbocycles. The number of aromatic nitrogens is 2. The lowest BCUT2D eigenvalue weighted by Gasteiger charge is -2.22. The number of fused-ring (bicyclic) bond motifs is 5. The molecule has 106 valence electrons. The van der Waals surface area contributed by atoms with Gasteiger partial charge in [0.05, 0.1) is 23.0 Å². The minimum atomic E-state index is -0.0482. The van der Waals surface area contributed by atoms with Crippen molar-refractivity contribution in [1.82, 2.24) is 14.5 Å². The van der Waals surface area contributed by atoms with E-state index in [1.54, 1.807) is 6.33 Å². The molecule has 1 amide bonds. The summed E-state index contributed by atoms with van der Waals surface area (Å²) in [5.74, 6) is 0.0525. The smallest absolute Gasteiger partial charge is 0.256 e. The summed E-state index contributed by atoms with van der Waals surface area (Å²) in [5.41, 5.74) is 3.84. The summed E-state index contributed by atoms with van der Waals surface area (Å²) in [6.07, 6.45) is 4.28. The van der Waals surface area contributed by atoms with Crippen LogP contribution in [-0.4, -0.2) is 33.2 Å². The highest BCUT2D eigenvalue weighted by Crippen LogP contribution is 2.39. The van der Waals surface area contributed by atoms with E-state index in [1.807, 2.05) is 34.6 Å². The van der Waals surface area contributed by atoms with Crippen LogP contribution >= 0.6 is 0 Å². The molecular weight excluding hydrogens is 266 g/mol. The zero-order valence-electron chi connectivity index (χ0n) is 11.7. The Morgan fingerprint density at radius 3 is 3.05 bits per heavy atom. The van der Waals surface area contributed by atoms with Crippen molar-refractivity contribution in [3.8, 4) is 5.69 Å². The molecule has 0 saturated carbocycles. The third kappa shape index (κ3) is 1.60. The van der Waals surface area contributed by atoms with E-state index in [-0.39, 0.29) is 11.9 Å². The lowest BCUT2D eigenvalue weighted by Crippen LogP contribution is -2.29. The Labute approximate surface area is 122 Å². The Morgan fingerprint density at radius 2 is 2.24 bits per heavy atom. The van der Waals surface area contributed by atoms with Gasteiger partial charge in [-0.2, -0.15) is 0 Å². The summed E-state index contributed by atoms with van der Waals surface area (Å²) in [6.45, 7) is 2.71. The van der Waals surface area contributed by atoms with Gasteiger partial charge in [-0.25, -0.2) is 4.98 Å². The Kier molecular flexibility index (Phi) is 2.51. The molecule has 1 aromatic carbocycles. The number of aryl methyl sites for hydroxylation is 1. The van der Waals surface area contributed by atoms with E-state index < -0.39 is 0 Å². The van der Waals surface area contributed by atoms with E-state index in [9.17, 15) is 9.59 Å². The summed E-state index contributed by atoms with van der Waals surface area (Å²) >= 11 is 0. The van der Waals surface area contributed by atoms with Crippen LogP contribution in [0.5, 0.6) is 0 Å². The van der Waals surface area contributed by atoms with Crippen molar-refractivity contribution in [3.05, 3.63) is 47.0 Å². The topological polar surface area (TPSA) is 55.2 Å². The van der Waals surface area contributed by atoms with Gasteiger partial charge in [0, 0.05) is 6.54 Å². The number of carbonyl (C=O) groups is 2. The minimum absolute atomic E-state index is 0.0482. The fourth-order valence-corrected chi connectivity index (χ4v) is 3.47. The van der Waals surface area contributed by atoms with E-state index >= 15 is 0 Å². The van der Waals surface area contributed by atoms with Gasteiger partial charge in [-0.1, -0.05) is 11.6 Å². The number of hydrogen-bond donors (Lipinski definition) is 0. The van der Waals surface area contributed by atoms with Crippen LogP contribution in [0.4, 0.5) is 0 Å². The Balaban J connectivity index is 2.05. The molecule has 0 radical (unpaired) electrons. The zero-order valence-corrected chi connectivity index (χ0v) is 11.7. The molecule has 3 heterocycles. The Hall–Kier alpha value is -2.43. The molecule has 21 heavy (non-hydrogen) atoms. The molecule has 0 bridgehead atoms. The molecule has 1 saturated heterocycles. The number of nitrogens with zero attached hydrogens (tertiary/aromatic N) is 3. The number of hydrogen-bond acceptors (Lipinski definition) is 3. The molecule has 0 N–H and O–H groups in total. The second kappa shape index (κ2) is 4.28. The Bertz CT molecular complexity index is 763. The normalized spacial score (nSPS) is 19.8. The number of imidazole rings is 1. The number of aldehydes is 1. The van der Waals surface area contributed by atoms with Crippen LogP contribution < -0.4 is 0 Å². The number of carbonyl (C=O) groups excluding carboxylic acids is 2. The maximum Gasteiger partial charge on any atom is 0.256 e. The zero-order chi connectivity index (χ0) is 14.6. The van der Waals surface area contributed by atoms with E-state index in [4.69, 9.17) is 0 Å². The average molecular weight is 281 g/mol. The molecule has 5 nitrogen and oxygen atoms in total. The second-order valence-corrected chi connectivity index (χ2v) is 5.68. The molecule has 2 aromatic rings. The largest absolute Gasteiger partial charge is 0.330 e. The second-order valence-electron chi connectivity index (χ2n) is 5.68. The summed E-state index contributed by atoms with van der Waals surface area (Å²) in [5, 5.41) is 0. The van der Waals surface area contributed by atoms with Gasteiger partial charge in [-0.05, 0) is 31.9 Å². The van der Waals surface area contributed by atoms with Gasteiger partial charge in [0.15, 0.2) is 6.29 Å². The molecule has 0 unspecified atom stereocenters. The fourth-order valence-electron chi connectivity index (χ4n) is 3.47. The first kappa shape index (κ1) is 12.3. The van der Waals surface area contributed by atoms with E-state index in [1.165, 1.54) is 0 Å². The van der Waals surface area contributed by atoms with E-state index in [0.29, 0.717) is 11.3 Å². The van der Waals surface area contributed by atoms with E-state index in [0.717, 1.165) is 42.6 Å². The van der Waals surface area contributed by atoms with Crippen LogP contribution in [0.1, 0.15) is 51.0 Å². The molecular formula is C16H15N3O2. The Morgan fingerprint density at radius 1 is 1.38 bits per heavy atom. The van der Waals surface area contributed by atoms with Crippen molar-refractivity contribution in [3.63, 3.8) is 0 Å². The van der Waals surface area contributed by atoms with Gasteiger partial charge < -0.3 is 4.90 Å². The quantitative estimate of drug-likeness (QED) is 0.754. The van der Waals surface area contributed by atoms with Crippen LogP contribution in [-0.2, 0) is 0 Å². The monoisotopic (exact) mass is 281 g/mol. The maximum atomic E-state index is 12.8. The molecule has 1 fully saturated rings. The first-order valence-corrected chi connectivity index (χ1v) is 7.15. The van der Waals surface area contributed by atoms with Crippen LogP contribution in [0.3, 0.4) is 0 Å². The molecule has 1 atom stereocenters. The highest BCUT2D eigenvalue weighted by Gasteiger charge is 2.38. The molecule has 1 aromatic heterocycles. The van der Waals surface area contributed by atoms with Gasteiger partial charge in [-0.15, -0.1) is 0 Å². The number of benzene rings is 1. The summed E-state index contributed by atoms with van der Waals surface area (Å²) in [7, 11) is 0. The first-order chi connectivity index (χ1) is 10.2. The van der Waals surface area contributed by atoms with Gasteiger partial charge in [0.1, 0.15) is 12.0 Å². The van der Waals surface area contributed by atoms with Crippen molar-refractivity contribution < 1.29 is 9.59 Å². The van der Waals surface area contributed by atoms with Crippen molar-refractivity contribution in [2.45, 2.75) is 25.8 Å². The third-order valence-corrected chi connectivity index (χ3v) is 4.42. The SMILES string of the molecule is Cc1ccc2c(c1)C(=O)N1CCC[C@H]1c1c(C=O)ncn1-2. The molecule has 2 aliphatic heterocycles. The lowest BCUT2D eigenvalue weighted by molar-refractivity contribution is 0.0737. The van der Waals surface area contributed by atoms with Gasteiger partial charge in [0.2, 0.25) is 0 Å². The first-order valence-electron chi connectivity index (χ1n) is 7.15. The van der Waals surface area contributed by atoms with Crippen molar-refractivity contribution in [2.75, 3.05) is 6.54 Å². The van der Waals surface area contributed by atoms with Crippen LogP contribution in [0.15, 0.2) is 24.5 Å². The standard InChI is InChI=1S/C16H15N3O2/c1-10-4-5-13-11(7-10)16(21)18-6-2-3-14(18)15-12(8-20)17-9-19(13)15/h4-5,7-9,14H,2-3,6H2,1H3/t14-/m0/s1. The maximum absolute atomic E-state index is 12.8. The van der Waals surface area contributed by atoms with Crippen LogP contribution in [0.2, 0.25) is 0 Å². The third-order valence-electron chi connectivity index (χ3n) is 4.42. The molecule has 5 heteroatoms. The predicted octanol–water partition coefficient (Wildman–Crippen LogP) is 2.28. The highest BCUT2D eigenvalue weighted by molar-refractivity contribution is 5.99.